The van der Waals surface area contributed by atoms with E-state index in [2.05, 4.69) is 0 Å². The van der Waals surface area contributed by atoms with E-state index in [1.54, 1.807) is 0 Å². The van der Waals surface area contributed by atoms with Crippen LogP contribution in [0.25, 0.3) is 0 Å². The first-order valence-electron chi connectivity index (χ1n) is 3.04. The molecule has 0 spiro atoms. The summed E-state index contributed by atoms with van der Waals surface area (Å²) in [6, 6.07) is 0. The Morgan fingerprint density at radius 1 is 1.27 bits per heavy atom. The molecule has 1 aliphatic rings. The molecule has 3 nitrogen and oxygen atoms in total. The zero-order chi connectivity index (χ0) is 8.86. The fourth-order valence-corrected chi connectivity index (χ4v) is 0.915. The smallest absolute Gasteiger partial charge is 0.338 e. The molecular weight excluding hydrogens is 156 g/mol. The Morgan fingerprint density at radius 2 is 1.73 bits per heavy atom. The van der Waals surface area contributed by atoms with Gasteiger partial charge in [0.25, 0.3) is 5.91 Å². The van der Waals surface area contributed by atoms with Gasteiger partial charge < -0.3 is 5.32 Å². The number of hydrogen-bond donors (Lipinski definition) is 1. The maximum Gasteiger partial charge on any atom is 0.383 e. The van der Waals surface area contributed by atoms with Crippen LogP contribution in [0, 0.1) is 0 Å². The maximum atomic E-state index is 12.5. The summed E-state index contributed by atoms with van der Waals surface area (Å²) in [6.07, 6.45) is 0. The molecule has 1 rings (SSSR count). The minimum atomic E-state index is -3.84. The Labute approximate surface area is 61.8 Å². The number of Topliss-reactive ketones (excluding diaryl/α,β-unsaturated/α-hetero) is 1. The third-order valence-electron chi connectivity index (χ3n) is 1.56. The molecule has 1 aliphatic heterocycles. The second-order valence-corrected chi connectivity index (χ2v) is 2.98. The first-order chi connectivity index (χ1) is 4.78. The quantitative estimate of drug-likeness (QED) is 0.515. The number of rotatable bonds is 0. The molecule has 0 bridgehead atoms. The molecule has 1 heterocycles. The van der Waals surface area contributed by atoms with Crippen LogP contribution in [-0.2, 0) is 9.59 Å². The van der Waals surface area contributed by atoms with E-state index < -0.39 is 23.2 Å². The first kappa shape index (κ1) is 8.10. The molecule has 0 unspecified atom stereocenters. The third-order valence-corrected chi connectivity index (χ3v) is 1.56. The lowest BCUT2D eigenvalue weighted by atomic mass is 10.0. The van der Waals surface area contributed by atoms with Crippen molar-refractivity contribution >= 4 is 11.7 Å². The zero-order valence-corrected chi connectivity index (χ0v) is 6.07. The van der Waals surface area contributed by atoms with Gasteiger partial charge in [-0.1, -0.05) is 0 Å². The highest BCUT2D eigenvalue weighted by molar-refractivity contribution is 6.17. The van der Waals surface area contributed by atoms with E-state index in [0.29, 0.717) is 0 Å². The van der Waals surface area contributed by atoms with E-state index in [4.69, 9.17) is 0 Å². The average molecular weight is 163 g/mol. The molecule has 1 amide bonds. The van der Waals surface area contributed by atoms with Crippen molar-refractivity contribution in [1.29, 1.82) is 0 Å². The standard InChI is InChI=1S/C6H7F2NO2/c1-5(2)3(10)6(7,8)4(11)9-5/h1-2H3,(H,9,11). The molecule has 0 saturated carbocycles. The monoisotopic (exact) mass is 163 g/mol. The predicted molar refractivity (Wildman–Crippen MR) is 32.2 cm³/mol. The van der Waals surface area contributed by atoms with Crippen LogP contribution in [0.15, 0.2) is 0 Å². The van der Waals surface area contributed by atoms with Crippen molar-refractivity contribution in [3.8, 4) is 0 Å². The Kier molecular flexibility index (Phi) is 1.31. The van der Waals surface area contributed by atoms with E-state index in [0.717, 1.165) is 0 Å². The SMILES string of the molecule is CC1(C)NC(=O)C(F)(F)C1=O. The highest BCUT2D eigenvalue weighted by atomic mass is 19.3. The summed E-state index contributed by atoms with van der Waals surface area (Å²) in [7, 11) is 0. The molecule has 0 aromatic heterocycles. The molecule has 1 saturated heterocycles. The van der Waals surface area contributed by atoms with E-state index >= 15 is 0 Å². The number of halogens is 2. The highest BCUT2D eigenvalue weighted by Gasteiger charge is 2.60. The van der Waals surface area contributed by atoms with Gasteiger partial charge in [0.2, 0.25) is 5.78 Å². The zero-order valence-electron chi connectivity index (χ0n) is 6.07. The molecule has 0 aromatic rings. The van der Waals surface area contributed by atoms with Crippen molar-refractivity contribution in [2.75, 3.05) is 0 Å². The van der Waals surface area contributed by atoms with Crippen LogP contribution >= 0.6 is 0 Å². The summed E-state index contributed by atoms with van der Waals surface area (Å²) < 4.78 is 24.9. The number of ketones is 1. The summed E-state index contributed by atoms with van der Waals surface area (Å²) in [4.78, 5) is 21.2. The van der Waals surface area contributed by atoms with Crippen LogP contribution < -0.4 is 5.32 Å². The topological polar surface area (TPSA) is 46.2 Å². The second-order valence-electron chi connectivity index (χ2n) is 2.98. The normalized spacial score (nSPS) is 26.9. The minimum absolute atomic E-state index is 1.24. The van der Waals surface area contributed by atoms with Gasteiger partial charge in [-0.25, -0.2) is 0 Å². The van der Waals surface area contributed by atoms with Crippen molar-refractivity contribution in [3.63, 3.8) is 0 Å². The number of hydrogen-bond acceptors (Lipinski definition) is 2. The van der Waals surface area contributed by atoms with Gasteiger partial charge >= 0.3 is 5.92 Å². The van der Waals surface area contributed by atoms with Gasteiger partial charge in [0, 0.05) is 0 Å². The first-order valence-corrected chi connectivity index (χ1v) is 3.04. The number of alkyl halides is 2. The van der Waals surface area contributed by atoms with E-state index in [1.807, 2.05) is 5.32 Å². The van der Waals surface area contributed by atoms with Gasteiger partial charge in [-0.3, -0.25) is 9.59 Å². The van der Waals surface area contributed by atoms with Gasteiger partial charge in [-0.15, -0.1) is 0 Å². The van der Waals surface area contributed by atoms with Crippen molar-refractivity contribution in [1.82, 2.24) is 5.32 Å². The van der Waals surface area contributed by atoms with Gasteiger partial charge in [0.1, 0.15) is 5.54 Å². The van der Waals surface area contributed by atoms with Gasteiger partial charge in [0.05, 0.1) is 0 Å². The van der Waals surface area contributed by atoms with Crippen LogP contribution in [0.3, 0.4) is 0 Å². The number of carbonyl (C=O) groups excluding carboxylic acids is 2. The van der Waals surface area contributed by atoms with Crippen LogP contribution in [0.4, 0.5) is 8.78 Å². The van der Waals surface area contributed by atoms with Crippen molar-refractivity contribution < 1.29 is 18.4 Å². The Balaban J connectivity index is 3.09. The molecule has 0 atom stereocenters. The molecule has 1 fully saturated rings. The lowest BCUT2D eigenvalue weighted by Gasteiger charge is -2.13. The fraction of sp³-hybridized carbons (Fsp3) is 0.667. The van der Waals surface area contributed by atoms with Crippen molar-refractivity contribution in [2.24, 2.45) is 0 Å². The van der Waals surface area contributed by atoms with E-state index in [9.17, 15) is 18.4 Å². The average Bonchev–Trinajstić information content (AvgIpc) is 1.94. The van der Waals surface area contributed by atoms with Gasteiger partial charge in [-0.05, 0) is 13.8 Å². The molecule has 1 N–H and O–H groups in total. The van der Waals surface area contributed by atoms with Crippen molar-refractivity contribution in [3.05, 3.63) is 0 Å². The van der Waals surface area contributed by atoms with Crippen LogP contribution in [0.1, 0.15) is 13.8 Å². The van der Waals surface area contributed by atoms with Gasteiger partial charge in [0.15, 0.2) is 0 Å². The Morgan fingerprint density at radius 3 is 1.82 bits per heavy atom. The van der Waals surface area contributed by atoms with Crippen LogP contribution in [0.2, 0.25) is 0 Å². The summed E-state index contributed by atoms with van der Waals surface area (Å²) in [5, 5.41) is 1.89. The largest absolute Gasteiger partial charge is 0.383 e. The van der Waals surface area contributed by atoms with Crippen LogP contribution in [0.5, 0.6) is 0 Å². The van der Waals surface area contributed by atoms with Crippen LogP contribution in [-0.4, -0.2) is 23.2 Å². The van der Waals surface area contributed by atoms with E-state index in [1.165, 1.54) is 13.8 Å². The molecule has 5 heteroatoms. The molecule has 0 aromatic carbocycles. The fourth-order valence-electron chi connectivity index (χ4n) is 0.915. The lowest BCUT2D eigenvalue weighted by molar-refractivity contribution is -0.151. The van der Waals surface area contributed by atoms with Crippen molar-refractivity contribution in [2.45, 2.75) is 25.3 Å². The summed E-state index contributed by atoms with van der Waals surface area (Å²) in [5.41, 5.74) is -1.43. The molecule has 11 heavy (non-hydrogen) atoms. The number of nitrogens with one attached hydrogen (secondary N) is 1. The predicted octanol–water partition coefficient (Wildman–Crippen LogP) is 0.0992. The maximum absolute atomic E-state index is 12.5. The molecule has 62 valence electrons. The lowest BCUT2D eigenvalue weighted by Crippen LogP contribution is -2.40. The Bertz CT molecular complexity index is 235. The number of amides is 1. The molecule has 0 radical (unpaired) electrons. The Hall–Kier alpha value is -1.00. The minimum Gasteiger partial charge on any atom is -0.338 e. The summed E-state index contributed by atoms with van der Waals surface area (Å²) in [6.45, 7) is 2.49. The third kappa shape index (κ3) is 0.911. The second kappa shape index (κ2) is 1.78. The van der Waals surface area contributed by atoms with Gasteiger partial charge in [-0.2, -0.15) is 8.78 Å². The summed E-state index contributed by atoms with van der Waals surface area (Å²) in [5.74, 6) is -6.72. The van der Waals surface area contributed by atoms with E-state index in [-0.39, 0.29) is 0 Å². The highest BCUT2D eigenvalue weighted by Crippen LogP contribution is 2.28. The summed E-state index contributed by atoms with van der Waals surface area (Å²) >= 11 is 0. The molecular formula is C6H7F2NO2. The molecule has 0 aliphatic carbocycles. The number of carbonyl (C=O) groups is 2.